The van der Waals surface area contributed by atoms with Crippen molar-refractivity contribution in [3.8, 4) is 6.07 Å². The zero-order chi connectivity index (χ0) is 22.9. The maximum atomic E-state index is 12.5. The Hall–Kier alpha value is -3.29. The van der Waals surface area contributed by atoms with Crippen molar-refractivity contribution >= 4 is 52.1 Å². The number of nitrogen functional groups attached to an aromatic ring is 1. The first-order valence-electron chi connectivity index (χ1n) is 9.88. The lowest BCUT2D eigenvalue weighted by molar-refractivity contribution is -0.113. The normalized spacial score (nSPS) is 14.8. The van der Waals surface area contributed by atoms with Crippen LogP contribution in [0.2, 0.25) is 0 Å². The second kappa shape index (κ2) is 8.68. The Labute approximate surface area is 193 Å². The number of nitrogens with two attached hydrogens (primary N) is 1. The minimum absolute atomic E-state index is 0.112. The van der Waals surface area contributed by atoms with Crippen LogP contribution in [0.15, 0.2) is 33.4 Å². The van der Waals surface area contributed by atoms with Gasteiger partial charge in [0, 0.05) is 15.9 Å². The maximum Gasteiger partial charge on any atom is 0.235 e. The molecule has 4 N–H and O–H groups in total. The van der Waals surface area contributed by atoms with Crippen molar-refractivity contribution in [1.29, 1.82) is 5.26 Å². The Morgan fingerprint density at radius 2 is 2.28 bits per heavy atom. The number of hydrogen-bond donors (Lipinski definition) is 3. The van der Waals surface area contributed by atoms with E-state index in [1.165, 1.54) is 23.1 Å². The lowest BCUT2D eigenvalue weighted by Crippen LogP contribution is -2.20. The van der Waals surface area contributed by atoms with E-state index < -0.39 is 0 Å². The van der Waals surface area contributed by atoms with Gasteiger partial charge in [0.2, 0.25) is 17.0 Å². The van der Waals surface area contributed by atoms with Crippen molar-refractivity contribution in [3.05, 3.63) is 51.3 Å². The topological polar surface area (TPSA) is 134 Å². The third kappa shape index (κ3) is 4.64. The summed E-state index contributed by atoms with van der Waals surface area (Å²) < 4.78 is 5.61. The molecule has 3 aromatic rings. The standard InChI is InChI=1S/C22H22N6O2S2/c1-12-4-6-14(30-12)7-5-13-8-15-16(10-23)19(32-18(15)22(2,3)9-13)25-17(29)11-31-21-26-20(24)27-28-21/h4-8H,9,11H2,1-3H3,(H,25,29)(H3,24,26,27,28). The molecule has 1 aliphatic carbocycles. The van der Waals surface area contributed by atoms with Gasteiger partial charge in [0.25, 0.3) is 0 Å². The summed E-state index contributed by atoms with van der Waals surface area (Å²) in [6.45, 7) is 6.21. The quantitative estimate of drug-likeness (QED) is 0.447. The number of aromatic amines is 1. The van der Waals surface area contributed by atoms with Crippen LogP contribution in [0.3, 0.4) is 0 Å². The number of fused-ring (bicyclic) bond motifs is 1. The summed E-state index contributed by atoms with van der Waals surface area (Å²) in [5.74, 6) is 1.73. The van der Waals surface area contributed by atoms with E-state index in [0.29, 0.717) is 15.7 Å². The predicted molar refractivity (Wildman–Crippen MR) is 127 cm³/mol. The molecule has 32 heavy (non-hydrogen) atoms. The van der Waals surface area contributed by atoms with Gasteiger partial charge in [0.1, 0.15) is 22.6 Å². The van der Waals surface area contributed by atoms with Crippen LogP contribution in [0.5, 0.6) is 0 Å². The van der Waals surface area contributed by atoms with Gasteiger partial charge in [-0.15, -0.1) is 16.4 Å². The van der Waals surface area contributed by atoms with Crippen molar-refractivity contribution in [2.24, 2.45) is 0 Å². The van der Waals surface area contributed by atoms with Gasteiger partial charge in [-0.3, -0.25) is 4.79 Å². The molecule has 0 fully saturated rings. The number of hydrogen-bond acceptors (Lipinski definition) is 8. The molecule has 0 unspecified atom stereocenters. The maximum absolute atomic E-state index is 12.5. The number of aryl methyl sites for hydroxylation is 1. The van der Waals surface area contributed by atoms with Crippen LogP contribution in [-0.2, 0) is 10.2 Å². The fraction of sp³-hybridized carbons (Fsp3) is 0.273. The van der Waals surface area contributed by atoms with Gasteiger partial charge in [0.05, 0.1) is 11.3 Å². The van der Waals surface area contributed by atoms with Crippen LogP contribution >= 0.6 is 23.1 Å². The van der Waals surface area contributed by atoms with Crippen molar-refractivity contribution in [2.45, 2.75) is 37.8 Å². The zero-order valence-electron chi connectivity index (χ0n) is 17.9. The molecular weight excluding hydrogens is 444 g/mol. The number of allylic oxidation sites excluding steroid dienone is 2. The molecule has 0 saturated heterocycles. The van der Waals surface area contributed by atoms with E-state index in [1.807, 2.05) is 37.3 Å². The number of rotatable bonds is 6. The molecule has 0 radical (unpaired) electrons. The number of anilines is 2. The molecule has 3 heterocycles. The molecule has 164 valence electrons. The molecule has 10 heteroatoms. The van der Waals surface area contributed by atoms with Crippen LogP contribution in [0.1, 0.15) is 47.8 Å². The van der Waals surface area contributed by atoms with Gasteiger partial charge >= 0.3 is 0 Å². The molecule has 1 amide bonds. The summed E-state index contributed by atoms with van der Waals surface area (Å²) in [4.78, 5) is 17.5. The summed E-state index contributed by atoms with van der Waals surface area (Å²) in [6, 6.07) is 6.13. The zero-order valence-corrected chi connectivity index (χ0v) is 19.5. The SMILES string of the molecule is Cc1ccc(C=CC2=Cc3c(sc(NC(=O)CSc4n[nH]c(N)n4)c3C#N)C(C)(C)C2)o1. The van der Waals surface area contributed by atoms with Crippen LogP contribution in [0.4, 0.5) is 10.9 Å². The van der Waals surface area contributed by atoms with Gasteiger partial charge in [-0.25, -0.2) is 5.10 Å². The predicted octanol–water partition coefficient (Wildman–Crippen LogP) is 4.73. The fourth-order valence-corrected chi connectivity index (χ4v) is 5.42. The number of thioether (sulfide) groups is 1. The lowest BCUT2D eigenvalue weighted by atomic mass is 9.77. The number of nitriles is 1. The number of nitrogens with one attached hydrogen (secondary N) is 2. The van der Waals surface area contributed by atoms with E-state index in [1.54, 1.807) is 0 Å². The molecular formula is C22H22N6O2S2. The largest absolute Gasteiger partial charge is 0.462 e. The second-order valence-electron chi connectivity index (χ2n) is 8.06. The molecule has 1 aliphatic rings. The minimum Gasteiger partial charge on any atom is -0.462 e. The highest BCUT2D eigenvalue weighted by Gasteiger charge is 2.33. The van der Waals surface area contributed by atoms with Crippen molar-refractivity contribution in [3.63, 3.8) is 0 Å². The van der Waals surface area contributed by atoms with Crippen molar-refractivity contribution < 1.29 is 9.21 Å². The van der Waals surface area contributed by atoms with Gasteiger partial charge in [-0.2, -0.15) is 10.2 Å². The third-order valence-electron chi connectivity index (χ3n) is 4.94. The Morgan fingerprint density at radius 1 is 1.47 bits per heavy atom. The first-order valence-corrected chi connectivity index (χ1v) is 11.7. The summed E-state index contributed by atoms with van der Waals surface area (Å²) >= 11 is 2.63. The average Bonchev–Trinajstić information content (AvgIpc) is 3.43. The molecule has 0 bridgehead atoms. The molecule has 3 aromatic heterocycles. The Kier molecular flexibility index (Phi) is 5.95. The van der Waals surface area contributed by atoms with Gasteiger partial charge in [0.15, 0.2) is 0 Å². The van der Waals surface area contributed by atoms with Gasteiger partial charge < -0.3 is 15.5 Å². The summed E-state index contributed by atoms with van der Waals surface area (Å²) in [7, 11) is 0. The second-order valence-corrected chi connectivity index (χ2v) is 10.0. The lowest BCUT2D eigenvalue weighted by Gasteiger charge is -2.29. The smallest absolute Gasteiger partial charge is 0.235 e. The van der Waals surface area contributed by atoms with E-state index in [9.17, 15) is 10.1 Å². The number of furan rings is 1. The third-order valence-corrected chi connectivity index (χ3v) is 7.27. The van der Waals surface area contributed by atoms with E-state index in [0.717, 1.165) is 34.0 Å². The number of amides is 1. The van der Waals surface area contributed by atoms with Gasteiger partial charge in [-0.05, 0) is 43.2 Å². The highest BCUT2D eigenvalue weighted by Crippen LogP contribution is 2.47. The molecule has 0 saturated carbocycles. The number of H-pyrrole nitrogens is 1. The summed E-state index contributed by atoms with van der Waals surface area (Å²) in [6.07, 6.45) is 6.81. The number of aromatic nitrogens is 3. The summed E-state index contributed by atoms with van der Waals surface area (Å²) in [5.41, 5.74) is 7.78. The number of carbonyl (C=O) groups excluding carboxylic acids is 1. The monoisotopic (exact) mass is 466 g/mol. The highest BCUT2D eigenvalue weighted by molar-refractivity contribution is 7.99. The number of carbonyl (C=O) groups is 1. The van der Waals surface area contributed by atoms with Crippen LogP contribution < -0.4 is 11.1 Å². The first kappa shape index (κ1) is 21.9. The molecule has 0 aromatic carbocycles. The highest BCUT2D eigenvalue weighted by atomic mass is 32.2. The van der Waals surface area contributed by atoms with Crippen molar-refractivity contribution in [2.75, 3.05) is 16.8 Å². The summed E-state index contributed by atoms with van der Waals surface area (Å²) in [5, 5.41) is 20.1. The Bertz CT molecular complexity index is 1270. The van der Waals surface area contributed by atoms with Crippen molar-refractivity contribution in [1.82, 2.24) is 15.2 Å². The Balaban J connectivity index is 1.56. The van der Waals surface area contributed by atoms with Gasteiger partial charge in [-0.1, -0.05) is 31.7 Å². The van der Waals surface area contributed by atoms with E-state index in [-0.39, 0.29) is 23.0 Å². The molecule has 0 spiro atoms. The van der Waals surface area contributed by atoms with E-state index in [2.05, 4.69) is 40.4 Å². The number of thiophene rings is 1. The van der Waals surface area contributed by atoms with Crippen LogP contribution in [-0.4, -0.2) is 26.8 Å². The van der Waals surface area contributed by atoms with E-state index >= 15 is 0 Å². The van der Waals surface area contributed by atoms with Crippen LogP contribution in [0, 0.1) is 18.3 Å². The van der Waals surface area contributed by atoms with Crippen LogP contribution in [0.25, 0.3) is 12.2 Å². The first-order chi connectivity index (χ1) is 15.2. The Morgan fingerprint density at radius 3 is 2.94 bits per heavy atom. The van der Waals surface area contributed by atoms with E-state index in [4.69, 9.17) is 10.2 Å². The molecule has 0 aliphatic heterocycles. The molecule has 8 nitrogen and oxygen atoms in total. The average molecular weight is 467 g/mol. The number of nitrogens with zero attached hydrogens (tertiary/aromatic N) is 3. The minimum atomic E-state index is -0.233. The fourth-order valence-electron chi connectivity index (χ4n) is 3.57. The molecule has 0 atom stereocenters. The molecule has 4 rings (SSSR count).